The molecule has 0 spiro atoms. The average Bonchev–Trinajstić information content (AvgIpc) is 2.02. The number of hydrogen-bond donors (Lipinski definition) is 2. The van der Waals surface area contributed by atoms with Crippen LogP contribution in [0.5, 0.6) is 0 Å². The first-order valence-corrected chi connectivity index (χ1v) is 7.62. The van der Waals surface area contributed by atoms with Crippen LogP contribution in [0.3, 0.4) is 0 Å². The van der Waals surface area contributed by atoms with E-state index < -0.39 is 10.1 Å². The van der Waals surface area contributed by atoms with E-state index >= 15 is 0 Å². The molecule has 0 aliphatic heterocycles. The van der Waals surface area contributed by atoms with Crippen molar-refractivity contribution in [2.24, 2.45) is 0 Å². The van der Waals surface area contributed by atoms with Gasteiger partial charge in [0.1, 0.15) is 0 Å². The van der Waals surface area contributed by atoms with Crippen LogP contribution in [0.2, 0.25) is 3.67 Å². The van der Waals surface area contributed by atoms with Crippen LogP contribution in [0.4, 0.5) is 0 Å². The Balaban J connectivity index is 0. The quantitative estimate of drug-likeness (QED) is 0.425. The predicted molar refractivity (Wildman–Crippen MR) is 54.0 cm³/mol. The Labute approximate surface area is 102 Å². The van der Waals surface area contributed by atoms with Gasteiger partial charge in [-0.1, -0.05) is 6.92 Å². The van der Waals surface area contributed by atoms with E-state index in [2.05, 4.69) is 0 Å². The van der Waals surface area contributed by atoms with E-state index in [4.69, 9.17) is 21.3 Å². The second-order valence-corrected chi connectivity index (χ2v) is 5.20. The van der Waals surface area contributed by atoms with Crippen molar-refractivity contribution in [3.63, 3.8) is 0 Å². The van der Waals surface area contributed by atoms with Crippen molar-refractivity contribution in [2.75, 3.05) is 11.6 Å². The molecule has 1 unspecified atom stereocenters. The van der Waals surface area contributed by atoms with Gasteiger partial charge in [0, 0.05) is 0 Å². The summed E-state index contributed by atoms with van der Waals surface area (Å²) < 4.78 is 28.5. The number of halogens is 1. The summed E-state index contributed by atoms with van der Waals surface area (Å²) in [4.78, 5) is 0. The van der Waals surface area contributed by atoms with Crippen LogP contribution >= 0.6 is 11.6 Å². The predicted octanol–water partition coefficient (Wildman–Crippen LogP) is 0.457. The SMILES string of the molecule is CCCS(=O)(=O)O.OC([CH2][Na])CCl. The molecule has 7 heteroatoms. The Hall–Kier alpha value is 1.16. The van der Waals surface area contributed by atoms with Gasteiger partial charge in [-0.05, 0) is 6.42 Å². The molecule has 0 bridgehead atoms. The van der Waals surface area contributed by atoms with E-state index in [1.165, 1.54) is 0 Å². The average molecular weight is 241 g/mol. The summed E-state index contributed by atoms with van der Waals surface area (Å²) in [5.74, 6) is 0.260. The van der Waals surface area contributed by atoms with Crippen LogP contribution in [0.1, 0.15) is 13.3 Å². The van der Waals surface area contributed by atoms with Crippen molar-refractivity contribution in [3.05, 3.63) is 0 Å². The van der Waals surface area contributed by atoms with Crippen molar-refractivity contribution in [1.82, 2.24) is 0 Å². The molecule has 0 saturated carbocycles. The molecule has 0 aromatic heterocycles. The van der Waals surface area contributed by atoms with Crippen LogP contribution in [0.25, 0.3) is 0 Å². The van der Waals surface area contributed by atoms with Crippen LogP contribution in [-0.4, -0.2) is 63.7 Å². The third kappa shape index (κ3) is 19.5. The monoisotopic (exact) mass is 240 g/mol. The van der Waals surface area contributed by atoms with Gasteiger partial charge >= 0.3 is 60.3 Å². The zero-order valence-corrected chi connectivity index (χ0v) is 11.5. The topological polar surface area (TPSA) is 74.6 Å². The Morgan fingerprint density at radius 1 is 1.54 bits per heavy atom. The number of aliphatic hydroxyl groups is 1. The van der Waals surface area contributed by atoms with Crippen molar-refractivity contribution < 1.29 is 18.1 Å². The molecule has 1 atom stereocenters. The first-order chi connectivity index (χ1) is 5.87. The van der Waals surface area contributed by atoms with E-state index in [1.54, 1.807) is 6.92 Å². The summed E-state index contributed by atoms with van der Waals surface area (Å²) in [6, 6.07) is 0. The molecular formula is C6H14ClNaO4S. The van der Waals surface area contributed by atoms with Crippen molar-refractivity contribution in [2.45, 2.75) is 23.1 Å². The zero-order valence-electron chi connectivity index (χ0n) is 7.90. The number of rotatable bonds is 4. The second kappa shape index (κ2) is 9.71. The molecule has 0 amide bonds. The molecule has 0 aromatic rings. The van der Waals surface area contributed by atoms with E-state index in [-0.39, 0.29) is 11.9 Å². The summed E-state index contributed by atoms with van der Waals surface area (Å²) in [6.45, 7) is 1.69. The fraction of sp³-hybridized carbons (Fsp3) is 1.00. The molecule has 76 valence electrons. The third-order valence-electron chi connectivity index (χ3n) is 1.11. The molecule has 0 rings (SSSR count). The zero-order chi connectivity index (χ0) is 10.9. The van der Waals surface area contributed by atoms with Crippen LogP contribution < -0.4 is 0 Å². The van der Waals surface area contributed by atoms with Gasteiger partial charge in [0.25, 0.3) is 10.1 Å². The van der Waals surface area contributed by atoms with Gasteiger partial charge in [0.15, 0.2) is 0 Å². The number of aliphatic hydroxyl groups excluding tert-OH is 1. The molecule has 0 aliphatic carbocycles. The third-order valence-corrected chi connectivity index (χ3v) is 3.33. The normalized spacial score (nSPS) is 13.1. The summed E-state index contributed by atoms with van der Waals surface area (Å²) in [6.07, 6.45) is 0.233. The fourth-order valence-electron chi connectivity index (χ4n) is 0.367. The Morgan fingerprint density at radius 3 is 2.00 bits per heavy atom. The molecular weight excluding hydrogens is 227 g/mol. The fourth-order valence-corrected chi connectivity index (χ4v) is 1.76. The van der Waals surface area contributed by atoms with Crippen molar-refractivity contribution in [3.8, 4) is 0 Å². The van der Waals surface area contributed by atoms with Gasteiger partial charge in [-0.3, -0.25) is 4.55 Å². The van der Waals surface area contributed by atoms with E-state index in [9.17, 15) is 8.42 Å². The molecule has 2 N–H and O–H groups in total. The van der Waals surface area contributed by atoms with Crippen LogP contribution in [0.15, 0.2) is 0 Å². The minimum absolute atomic E-state index is 0.132. The Kier molecular flexibility index (Phi) is 12.4. The van der Waals surface area contributed by atoms with Crippen LogP contribution in [0, 0.1) is 0 Å². The molecule has 0 aromatic carbocycles. The van der Waals surface area contributed by atoms with Gasteiger partial charge in [-0.25, -0.2) is 0 Å². The summed E-state index contributed by atoms with van der Waals surface area (Å²) in [5.41, 5.74) is 0. The molecule has 13 heavy (non-hydrogen) atoms. The summed E-state index contributed by atoms with van der Waals surface area (Å²) in [7, 11) is -3.67. The molecule has 0 saturated heterocycles. The molecule has 0 heterocycles. The van der Waals surface area contributed by atoms with Gasteiger partial charge in [-0.15, -0.1) is 0 Å². The Bertz CT molecular complexity index is 191. The second-order valence-electron chi connectivity index (χ2n) is 2.50. The molecule has 0 radical (unpaired) electrons. The van der Waals surface area contributed by atoms with Gasteiger partial charge in [0.05, 0.1) is 5.75 Å². The first kappa shape index (κ1) is 16.6. The summed E-state index contributed by atoms with van der Waals surface area (Å²) in [5, 5.41) is 8.57. The van der Waals surface area contributed by atoms with Gasteiger partial charge in [-0.2, -0.15) is 8.42 Å². The maximum atomic E-state index is 9.79. The Morgan fingerprint density at radius 2 is 2.00 bits per heavy atom. The number of hydrogen-bond acceptors (Lipinski definition) is 3. The summed E-state index contributed by atoms with van der Waals surface area (Å²) >= 11 is 6.27. The maximum absolute atomic E-state index is 9.79. The van der Waals surface area contributed by atoms with Crippen LogP contribution in [-0.2, 0) is 10.1 Å². The van der Waals surface area contributed by atoms with Gasteiger partial charge < -0.3 is 0 Å². The van der Waals surface area contributed by atoms with Crippen molar-refractivity contribution in [1.29, 1.82) is 0 Å². The first-order valence-electron chi connectivity index (χ1n) is 4.06. The van der Waals surface area contributed by atoms with E-state index in [0.717, 1.165) is 31.6 Å². The number of alkyl halides is 1. The molecule has 4 nitrogen and oxygen atoms in total. The van der Waals surface area contributed by atoms with E-state index in [0.29, 0.717) is 12.3 Å². The standard InChI is InChI=1S/C3H6ClO.C3H8O3S.Na/c1-3(5)2-4;1-2-3-7(4,5)6;/h3,5H,1-2H2;2-3H2,1H3,(H,4,5,6);. The van der Waals surface area contributed by atoms with Crippen molar-refractivity contribution >= 4 is 49.6 Å². The van der Waals surface area contributed by atoms with Gasteiger partial charge in [0.2, 0.25) is 0 Å². The minimum atomic E-state index is -3.67. The molecule has 0 aliphatic rings. The molecule has 0 fully saturated rings. The van der Waals surface area contributed by atoms with E-state index in [1.807, 2.05) is 0 Å².